The molecule has 1 N–H and O–H groups in total. The molecule has 0 aromatic carbocycles. The van der Waals surface area contributed by atoms with Crippen LogP contribution in [0.5, 0.6) is 0 Å². The number of nitrogens with zero attached hydrogens (tertiary/aromatic N) is 1. The van der Waals surface area contributed by atoms with Gasteiger partial charge in [0.1, 0.15) is 5.54 Å². The van der Waals surface area contributed by atoms with Gasteiger partial charge in [-0.1, -0.05) is 58.3 Å². The maximum absolute atomic E-state index is 12.0. The Bertz CT molecular complexity index is 325. The quantitative estimate of drug-likeness (QED) is 0.436. The Morgan fingerprint density at radius 3 is 1.77 bits per heavy atom. The van der Waals surface area contributed by atoms with E-state index in [1.54, 1.807) is 20.9 Å². The molecule has 0 aromatic rings. The summed E-state index contributed by atoms with van der Waals surface area (Å²) in [6.45, 7) is 5.34. The normalized spacial score (nSPS) is 10.9. The minimum Gasteiger partial charge on any atom is -1.00 e. The van der Waals surface area contributed by atoms with Crippen molar-refractivity contribution in [2.45, 2.75) is 90.5 Å². The number of amides is 1. The molecule has 0 bridgehead atoms. The van der Waals surface area contributed by atoms with Crippen molar-refractivity contribution >= 4 is 11.9 Å². The van der Waals surface area contributed by atoms with Gasteiger partial charge in [-0.15, -0.1) is 0 Å². The number of aliphatic carboxylic acids is 1. The third-order valence-electron chi connectivity index (χ3n) is 4.23. The van der Waals surface area contributed by atoms with Crippen molar-refractivity contribution in [2.24, 2.45) is 0 Å². The maximum atomic E-state index is 12.0. The first-order valence-corrected chi connectivity index (χ1v) is 8.34. The molecule has 0 unspecified atom stereocenters. The molecule has 0 radical (unpaired) electrons. The zero-order chi connectivity index (χ0) is 16.3. The maximum Gasteiger partial charge on any atom is 1.00 e. The summed E-state index contributed by atoms with van der Waals surface area (Å²) in [6, 6.07) is 0. The van der Waals surface area contributed by atoms with Gasteiger partial charge in [-0.05, 0) is 20.3 Å². The van der Waals surface area contributed by atoms with E-state index in [1.807, 2.05) is 0 Å². The topological polar surface area (TPSA) is 57.6 Å². The Morgan fingerprint density at radius 1 is 0.955 bits per heavy atom. The van der Waals surface area contributed by atoms with Crippen LogP contribution in [-0.4, -0.2) is 34.5 Å². The number of carbonyl (C=O) groups is 2. The number of likely N-dealkylation sites (N-methyl/N-ethyl adjacent to an activating group) is 1. The average Bonchev–Trinajstić information content (AvgIpc) is 2.44. The van der Waals surface area contributed by atoms with E-state index in [1.165, 1.54) is 49.8 Å². The summed E-state index contributed by atoms with van der Waals surface area (Å²) < 4.78 is 0. The predicted octanol–water partition coefficient (Wildman–Crippen LogP) is 1.35. The van der Waals surface area contributed by atoms with Crippen LogP contribution in [0.25, 0.3) is 0 Å². The fourth-order valence-corrected chi connectivity index (χ4v) is 2.21. The van der Waals surface area contributed by atoms with Crippen LogP contribution in [-0.2, 0) is 9.59 Å². The van der Waals surface area contributed by atoms with Crippen LogP contribution in [0.2, 0.25) is 0 Å². The molecular weight excluding hydrogens is 289 g/mol. The van der Waals surface area contributed by atoms with Crippen molar-refractivity contribution in [1.29, 1.82) is 0 Å². The summed E-state index contributed by atoms with van der Waals surface area (Å²) in [7, 11) is 1.57. The SMILES string of the molecule is CCCCCCCCCCCC(=O)N(C)C(C)(C)C(=O)O.[H-].[Na+]. The molecule has 22 heavy (non-hydrogen) atoms. The molecule has 0 aliphatic carbocycles. The summed E-state index contributed by atoms with van der Waals surface area (Å²) in [5, 5.41) is 9.10. The van der Waals surface area contributed by atoms with Crippen LogP contribution in [0.3, 0.4) is 0 Å². The molecule has 0 heterocycles. The summed E-state index contributed by atoms with van der Waals surface area (Å²) in [5.74, 6) is -1.05. The molecule has 0 aromatic heterocycles. The molecule has 0 rings (SSSR count). The van der Waals surface area contributed by atoms with Gasteiger partial charge in [-0.3, -0.25) is 4.79 Å². The van der Waals surface area contributed by atoms with E-state index in [9.17, 15) is 9.59 Å². The minimum atomic E-state index is -1.13. The Labute approximate surface area is 159 Å². The van der Waals surface area contributed by atoms with Crippen LogP contribution >= 0.6 is 0 Å². The average molecular weight is 323 g/mol. The van der Waals surface area contributed by atoms with Crippen molar-refractivity contribution in [3.05, 3.63) is 0 Å². The summed E-state index contributed by atoms with van der Waals surface area (Å²) in [6.07, 6.45) is 11.3. The van der Waals surface area contributed by atoms with Crippen LogP contribution in [0.15, 0.2) is 0 Å². The number of hydrogen-bond donors (Lipinski definition) is 1. The van der Waals surface area contributed by atoms with Crippen LogP contribution in [0.4, 0.5) is 0 Å². The smallest absolute Gasteiger partial charge is 1.00 e. The standard InChI is InChI=1S/C17H33NO3.Na.H/c1-5-6-7-8-9-10-11-12-13-14-15(19)18(4)17(2,3)16(20)21;;/h5-14H2,1-4H3,(H,20,21);;/q;+1;-1. The molecular formula is C17H34NNaO3. The number of rotatable bonds is 12. The van der Waals surface area contributed by atoms with Gasteiger partial charge in [-0.2, -0.15) is 0 Å². The van der Waals surface area contributed by atoms with Crippen molar-refractivity contribution in [1.82, 2.24) is 4.90 Å². The summed E-state index contributed by atoms with van der Waals surface area (Å²) in [5.41, 5.74) is -1.13. The number of carboxylic acid groups (broad SMARTS) is 1. The fourth-order valence-electron chi connectivity index (χ4n) is 2.21. The van der Waals surface area contributed by atoms with Gasteiger partial charge >= 0.3 is 35.5 Å². The van der Waals surface area contributed by atoms with E-state index in [-0.39, 0.29) is 36.9 Å². The van der Waals surface area contributed by atoms with E-state index in [0.717, 1.165) is 12.8 Å². The molecule has 0 atom stereocenters. The van der Waals surface area contributed by atoms with Crippen LogP contribution in [0, 0.1) is 0 Å². The largest absolute Gasteiger partial charge is 1.00 e. The van der Waals surface area contributed by atoms with Gasteiger partial charge in [0.25, 0.3) is 0 Å². The second-order valence-electron chi connectivity index (χ2n) is 6.40. The monoisotopic (exact) mass is 323 g/mol. The van der Waals surface area contributed by atoms with Crippen molar-refractivity contribution in [3.63, 3.8) is 0 Å². The van der Waals surface area contributed by atoms with Crippen LogP contribution < -0.4 is 29.6 Å². The Morgan fingerprint density at radius 2 is 1.36 bits per heavy atom. The number of carboxylic acids is 1. The molecule has 0 spiro atoms. The van der Waals surface area contributed by atoms with E-state index in [0.29, 0.717) is 6.42 Å². The molecule has 0 saturated carbocycles. The van der Waals surface area contributed by atoms with Crippen molar-refractivity contribution < 1.29 is 45.7 Å². The van der Waals surface area contributed by atoms with Gasteiger partial charge < -0.3 is 11.4 Å². The van der Waals surface area contributed by atoms with Crippen molar-refractivity contribution in [2.75, 3.05) is 7.05 Å². The number of carbonyl (C=O) groups excluding carboxylic acids is 1. The Kier molecular flexibility index (Phi) is 14.7. The molecule has 1 amide bonds. The van der Waals surface area contributed by atoms with Gasteiger partial charge in [0.15, 0.2) is 0 Å². The summed E-state index contributed by atoms with van der Waals surface area (Å²) >= 11 is 0. The molecule has 0 aliphatic rings. The third-order valence-corrected chi connectivity index (χ3v) is 4.23. The van der Waals surface area contributed by atoms with Crippen molar-refractivity contribution in [3.8, 4) is 0 Å². The van der Waals surface area contributed by atoms with E-state index in [2.05, 4.69) is 6.92 Å². The zero-order valence-electron chi connectivity index (χ0n) is 16.3. The van der Waals surface area contributed by atoms with E-state index < -0.39 is 11.5 Å². The van der Waals surface area contributed by atoms with Gasteiger partial charge in [0, 0.05) is 13.5 Å². The fraction of sp³-hybridized carbons (Fsp3) is 0.882. The number of hydrogen-bond acceptors (Lipinski definition) is 2. The zero-order valence-corrected chi connectivity index (χ0v) is 17.3. The summed E-state index contributed by atoms with van der Waals surface area (Å²) in [4.78, 5) is 24.4. The first-order chi connectivity index (χ1) is 9.84. The molecule has 0 fully saturated rings. The molecule has 0 saturated heterocycles. The molecule has 4 nitrogen and oxygen atoms in total. The first kappa shape index (κ1) is 24.2. The second kappa shape index (κ2) is 13.4. The number of unbranched alkanes of at least 4 members (excludes halogenated alkanes) is 8. The third kappa shape index (κ3) is 9.86. The van der Waals surface area contributed by atoms with E-state index >= 15 is 0 Å². The Hall–Kier alpha value is -0.0600. The second-order valence-corrected chi connectivity index (χ2v) is 6.40. The molecule has 0 aliphatic heterocycles. The van der Waals surface area contributed by atoms with Gasteiger partial charge in [0.2, 0.25) is 5.91 Å². The molecule has 126 valence electrons. The molecule has 5 heteroatoms. The predicted molar refractivity (Wildman–Crippen MR) is 87.4 cm³/mol. The van der Waals surface area contributed by atoms with E-state index in [4.69, 9.17) is 5.11 Å². The van der Waals surface area contributed by atoms with Gasteiger partial charge in [0.05, 0.1) is 0 Å². The van der Waals surface area contributed by atoms with Gasteiger partial charge in [-0.25, -0.2) is 4.79 Å². The van der Waals surface area contributed by atoms with Crippen LogP contribution in [0.1, 0.15) is 86.4 Å². The minimum absolute atomic E-state index is 0. The first-order valence-electron chi connectivity index (χ1n) is 8.34. The Balaban J connectivity index is -0.00000200.